The number of rotatable bonds is 2. The molecule has 0 spiro atoms. The Morgan fingerprint density at radius 1 is 1.12 bits per heavy atom. The van der Waals surface area contributed by atoms with E-state index in [-0.39, 0.29) is 5.38 Å². The Morgan fingerprint density at radius 2 is 1.75 bits per heavy atom. The van der Waals surface area contributed by atoms with Crippen LogP contribution in [0.5, 0.6) is 0 Å². The van der Waals surface area contributed by atoms with Crippen molar-refractivity contribution >= 4 is 11.6 Å². The van der Waals surface area contributed by atoms with Crippen LogP contribution < -0.4 is 0 Å². The first-order chi connectivity index (χ1) is 7.59. The molecular formula is C14H15ClO. The van der Waals surface area contributed by atoms with Crippen LogP contribution in [0.4, 0.5) is 0 Å². The van der Waals surface area contributed by atoms with E-state index >= 15 is 0 Å². The zero-order valence-electron chi connectivity index (χ0n) is 9.75. The Morgan fingerprint density at radius 3 is 2.25 bits per heavy atom. The fourth-order valence-electron chi connectivity index (χ4n) is 2.17. The normalized spacial score (nSPS) is 12.8. The third-order valence-corrected chi connectivity index (χ3v) is 3.22. The first kappa shape index (κ1) is 11.3. The molecule has 0 radical (unpaired) electrons. The average Bonchev–Trinajstić information content (AvgIpc) is 2.67. The van der Waals surface area contributed by atoms with E-state index in [4.69, 9.17) is 16.0 Å². The molecule has 1 unspecified atom stereocenters. The minimum atomic E-state index is -0.199. The van der Waals surface area contributed by atoms with Gasteiger partial charge in [0.05, 0.1) is 6.26 Å². The lowest BCUT2D eigenvalue weighted by molar-refractivity contribution is 0.515. The highest BCUT2D eigenvalue weighted by Crippen LogP contribution is 2.33. The van der Waals surface area contributed by atoms with Gasteiger partial charge in [-0.05, 0) is 49.6 Å². The molecule has 0 aliphatic heterocycles. The predicted molar refractivity (Wildman–Crippen MR) is 67.1 cm³/mol. The van der Waals surface area contributed by atoms with Crippen LogP contribution in [0.3, 0.4) is 0 Å². The van der Waals surface area contributed by atoms with Gasteiger partial charge < -0.3 is 4.42 Å². The molecule has 0 aliphatic rings. The van der Waals surface area contributed by atoms with Crippen molar-refractivity contribution in [2.24, 2.45) is 0 Å². The first-order valence-corrected chi connectivity index (χ1v) is 5.78. The maximum atomic E-state index is 6.44. The molecule has 1 heterocycles. The first-order valence-electron chi connectivity index (χ1n) is 5.35. The summed E-state index contributed by atoms with van der Waals surface area (Å²) in [5.41, 5.74) is 4.85. The molecule has 16 heavy (non-hydrogen) atoms. The van der Waals surface area contributed by atoms with Crippen molar-refractivity contribution < 1.29 is 4.42 Å². The van der Waals surface area contributed by atoms with E-state index in [0.29, 0.717) is 0 Å². The van der Waals surface area contributed by atoms with Gasteiger partial charge >= 0.3 is 0 Å². The molecule has 84 valence electrons. The molecule has 0 aliphatic carbocycles. The van der Waals surface area contributed by atoms with E-state index in [1.165, 1.54) is 16.7 Å². The van der Waals surface area contributed by atoms with Crippen LogP contribution in [0.15, 0.2) is 34.9 Å². The number of hydrogen-bond acceptors (Lipinski definition) is 1. The molecule has 1 aromatic carbocycles. The largest absolute Gasteiger partial charge is 0.467 e. The molecule has 0 fully saturated rings. The van der Waals surface area contributed by atoms with E-state index in [1.54, 1.807) is 6.26 Å². The highest BCUT2D eigenvalue weighted by molar-refractivity contribution is 6.22. The summed E-state index contributed by atoms with van der Waals surface area (Å²) in [5, 5.41) is -0.199. The van der Waals surface area contributed by atoms with Crippen molar-refractivity contribution in [3.05, 3.63) is 58.5 Å². The highest BCUT2D eigenvalue weighted by atomic mass is 35.5. The van der Waals surface area contributed by atoms with Gasteiger partial charge in [0.15, 0.2) is 0 Å². The minimum Gasteiger partial charge on any atom is -0.467 e. The summed E-state index contributed by atoms with van der Waals surface area (Å²) < 4.78 is 5.36. The molecule has 2 rings (SSSR count). The molecule has 0 amide bonds. The van der Waals surface area contributed by atoms with E-state index in [0.717, 1.165) is 11.3 Å². The maximum Gasteiger partial charge on any atom is 0.126 e. The van der Waals surface area contributed by atoms with Crippen molar-refractivity contribution in [1.29, 1.82) is 0 Å². The SMILES string of the molecule is Cc1cc(C)c(C(Cl)c2ccco2)c(C)c1. The second-order valence-electron chi connectivity index (χ2n) is 4.19. The van der Waals surface area contributed by atoms with Gasteiger partial charge in [-0.3, -0.25) is 0 Å². The highest BCUT2D eigenvalue weighted by Gasteiger charge is 2.18. The molecule has 2 aromatic rings. The van der Waals surface area contributed by atoms with E-state index in [1.807, 2.05) is 12.1 Å². The Kier molecular flexibility index (Phi) is 3.06. The lowest BCUT2D eigenvalue weighted by Crippen LogP contribution is -1.99. The zero-order valence-corrected chi connectivity index (χ0v) is 10.5. The second-order valence-corrected chi connectivity index (χ2v) is 4.63. The second kappa shape index (κ2) is 4.34. The number of furan rings is 1. The van der Waals surface area contributed by atoms with Crippen LogP contribution in [-0.2, 0) is 0 Å². The van der Waals surface area contributed by atoms with Crippen molar-refractivity contribution in [1.82, 2.24) is 0 Å². The van der Waals surface area contributed by atoms with Gasteiger partial charge in [0.2, 0.25) is 0 Å². The molecule has 0 saturated carbocycles. The average molecular weight is 235 g/mol. The molecule has 0 saturated heterocycles. The molecule has 0 bridgehead atoms. The Labute approximate surface area is 101 Å². The van der Waals surface area contributed by atoms with E-state index < -0.39 is 0 Å². The smallest absolute Gasteiger partial charge is 0.126 e. The maximum absolute atomic E-state index is 6.44. The third-order valence-electron chi connectivity index (χ3n) is 2.78. The van der Waals surface area contributed by atoms with Gasteiger partial charge in [-0.15, -0.1) is 11.6 Å². The fourth-order valence-corrected chi connectivity index (χ4v) is 2.64. The van der Waals surface area contributed by atoms with Crippen molar-refractivity contribution in [2.45, 2.75) is 26.1 Å². The summed E-state index contributed by atoms with van der Waals surface area (Å²) in [6, 6.07) is 8.08. The number of halogens is 1. The summed E-state index contributed by atoms with van der Waals surface area (Å²) >= 11 is 6.44. The van der Waals surface area contributed by atoms with Crippen LogP contribution in [0, 0.1) is 20.8 Å². The topological polar surface area (TPSA) is 13.1 Å². The number of aryl methyl sites for hydroxylation is 3. The van der Waals surface area contributed by atoms with Gasteiger partial charge in [0.25, 0.3) is 0 Å². The standard InChI is InChI=1S/C14H15ClO/c1-9-7-10(2)13(11(3)8-9)14(15)12-5-4-6-16-12/h4-8,14H,1-3H3. The van der Waals surface area contributed by atoms with Crippen LogP contribution in [0.25, 0.3) is 0 Å². The van der Waals surface area contributed by atoms with E-state index in [9.17, 15) is 0 Å². The van der Waals surface area contributed by atoms with Crippen molar-refractivity contribution in [3.63, 3.8) is 0 Å². The Hall–Kier alpha value is -1.21. The summed E-state index contributed by atoms with van der Waals surface area (Å²) in [5.74, 6) is 0.803. The molecular weight excluding hydrogens is 220 g/mol. The molecule has 1 nitrogen and oxygen atoms in total. The number of alkyl halides is 1. The third kappa shape index (κ3) is 2.00. The van der Waals surface area contributed by atoms with Crippen molar-refractivity contribution in [2.75, 3.05) is 0 Å². The van der Waals surface area contributed by atoms with Crippen LogP contribution in [-0.4, -0.2) is 0 Å². The van der Waals surface area contributed by atoms with Gasteiger partial charge in [0.1, 0.15) is 11.1 Å². The van der Waals surface area contributed by atoms with Gasteiger partial charge in [-0.25, -0.2) is 0 Å². The summed E-state index contributed by atoms with van der Waals surface area (Å²) in [6.45, 7) is 6.28. The summed E-state index contributed by atoms with van der Waals surface area (Å²) in [7, 11) is 0. The predicted octanol–water partition coefficient (Wildman–Crippen LogP) is 4.53. The fraction of sp³-hybridized carbons (Fsp3) is 0.286. The molecule has 0 N–H and O–H groups in total. The Bertz CT molecular complexity index is 462. The number of hydrogen-bond donors (Lipinski definition) is 0. The lowest BCUT2D eigenvalue weighted by atomic mass is 9.96. The monoisotopic (exact) mass is 234 g/mol. The Balaban J connectivity index is 2.48. The van der Waals surface area contributed by atoms with Gasteiger partial charge in [-0.1, -0.05) is 17.7 Å². The minimum absolute atomic E-state index is 0.199. The quantitative estimate of drug-likeness (QED) is 0.696. The van der Waals surface area contributed by atoms with Crippen LogP contribution in [0.2, 0.25) is 0 Å². The summed E-state index contributed by atoms with van der Waals surface area (Å²) in [4.78, 5) is 0. The molecule has 1 aromatic heterocycles. The van der Waals surface area contributed by atoms with Gasteiger partial charge in [0, 0.05) is 0 Å². The van der Waals surface area contributed by atoms with E-state index in [2.05, 4.69) is 32.9 Å². The van der Waals surface area contributed by atoms with Gasteiger partial charge in [-0.2, -0.15) is 0 Å². The zero-order chi connectivity index (χ0) is 11.7. The summed E-state index contributed by atoms with van der Waals surface area (Å²) in [6.07, 6.45) is 1.66. The van der Waals surface area contributed by atoms with Crippen molar-refractivity contribution in [3.8, 4) is 0 Å². The molecule has 2 heteroatoms. The van der Waals surface area contributed by atoms with Crippen LogP contribution >= 0.6 is 11.6 Å². The van der Waals surface area contributed by atoms with Crippen LogP contribution in [0.1, 0.15) is 33.4 Å². The number of benzene rings is 1. The molecule has 1 atom stereocenters. The lowest BCUT2D eigenvalue weighted by Gasteiger charge is -2.14.